The zero-order chi connectivity index (χ0) is 18.1. The fourth-order valence-corrected chi connectivity index (χ4v) is 3.81. The van der Waals surface area contributed by atoms with E-state index in [1.54, 1.807) is 7.05 Å². The molecule has 1 aromatic carbocycles. The molecule has 5 heteroatoms. The standard InChI is InChI=1S/C21H20N4O/c1-23-21(26)20-10-15-6-2-3-7-16(15)12-25(20)14-17-13-24-9-5-4-8-19(24)18(17)11-22/h2-9,13,20H,10,12,14H2,1H3,(H,23,26). The van der Waals surface area contributed by atoms with E-state index < -0.39 is 0 Å². The Kier molecular flexibility index (Phi) is 4.19. The Balaban J connectivity index is 1.72. The fraction of sp³-hybridized carbons (Fsp3) is 0.238. The third kappa shape index (κ3) is 2.75. The zero-order valence-electron chi connectivity index (χ0n) is 14.6. The third-order valence-electron chi connectivity index (χ3n) is 5.14. The molecule has 1 unspecified atom stereocenters. The molecule has 1 aliphatic rings. The number of aromatic nitrogens is 1. The summed E-state index contributed by atoms with van der Waals surface area (Å²) >= 11 is 0. The van der Waals surface area contributed by atoms with Crippen molar-refractivity contribution in [2.75, 3.05) is 7.05 Å². The van der Waals surface area contributed by atoms with Crippen molar-refractivity contribution in [3.05, 3.63) is 77.1 Å². The Morgan fingerprint density at radius 1 is 1.23 bits per heavy atom. The van der Waals surface area contributed by atoms with Gasteiger partial charge < -0.3 is 9.72 Å². The van der Waals surface area contributed by atoms with Crippen LogP contribution in [0, 0.1) is 11.3 Å². The van der Waals surface area contributed by atoms with Gasteiger partial charge in [0.1, 0.15) is 6.07 Å². The first-order valence-electron chi connectivity index (χ1n) is 8.72. The van der Waals surface area contributed by atoms with Crippen molar-refractivity contribution in [3.8, 4) is 6.07 Å². The van der Waals surface area contributed by atoms with Crippen LogP contribution in [0.5, 0.6) is 0 Å². The van der Waals surface area contributed by atoms with Crippen LogP contribution in [0.15, 0.2) is 54.9 Å². The molecule has 1 aliphatic heterocycles. The summed E-state index contributed by atoms with van der Waals surface area (Å²) < 4.78 is 1.97. The van der Waals surface area contributed by atoms with Crippen molar-refractivity contribution in [1.29, 1.82) is 5.26 Å². The predicted molar refractivity (Wildman–Crippen MR) is 99.4 cm³/mol. The second-order valence-electron chi connectivity index (χ2n) is 6.64. The van der Waals surface area contributed by atoms with E-state index in [0.29, 0.717) is 25.1 Å². The summed E-state index contributed by atoms with van der Waals surface area (Å²) in [5.41, 5.74) is 5.00. The van der Waals surface area contributed by atoms with Crippen molar-refractivity contribution in [2.45, 2.75) is 25.6 Å². The van der Waals surface area contributed by atoms with Gasteiger partial charge in [0.25, 0.3) is 0 Å². The predicted octanol–water partition coefficient (Wildman–Crippen LogP) is 2.48. The maximum absolute atomic E-state index is 12.5. The minimum atomic E-state index is -0.232. The summed E-state index contributed by atoms with van der Waals surface area (Å²) in [5.74, 6) is 0.0155. The van der Waals surface area contributed by atoms with Crippen LogP contribution in [0.1, 0.15) is 22.3 Å². The van der Waals surface area contributed by atoms with Crippen molar-refractivity contribution in [2.24, 2.45) is 0 Å². The number of nitrogens with one attached hydrogen (secondary N) is 1. The van der Waals surface area contributed by atoms with Crippen LogP contribution in [0.3, 0.4) is 0 Å². The lowest BCUT2D eigenvalue weighted by atomic mass is 9.93. The summed E-state index contributed by atoms with van der Waals surface area (Å²) in [6.45, 7) is 1.27. The topological polar surface area (TPSA) is 60.5 Å². The molecule has 0 spiro atoms. The molecule has 1 atom stereocenters. The van der Waals surface area contributed by atoms with Gasteiger partial charge in [-0.25, -0.2) is 0 Å². The summed E-state index contributed by atoms with van der Waals surface area (Å²) in [6.07, 6.45) is 4.63. The maximum Gasteiger partial charge on any atom is 0.237 e. The number of rotatable bonds is 3. The molecule has 1 N–H and O–H groups in total. The summed E-state index contributed by atoms with van der Waals surface area (Å²) in [6, 6.07) is 16.2. The van der Waals surface area contributed by atoms with Crippen LogP contribution in [0.2, 0.25) is 0 Å². The van der Waals surface area contributed by atoms with Gasteiger partial charge in [0.05, 0.1) is 17.1 Å². The molecule has 1 amide bonds. The van der Waals surface area contributed by atoms with Gasteiger partial charge in [0.15, 0.2) is 0 Å². The number of nitriles is 1. The lowest BCUT2D eigenvalue weighted by Crippen LogP contribution is -2.49. The normalized spacial score (nSPS) is 16.8. The Morgan fingerprint density at radius 2 is 2.00 bits per heavy atom. The molecule has 0 fully saturated rings. The Hall–Kier alpha value is -3.10. The van der Waals surface area contributed by atoms with Crippen LogP contribution in [0.25, 0.3) is 5.52 Å². The molecule has 4 rings (SSSR count). The number of benzene rings is 1. The minimum absolute atomic E-state index is 0.0155. The molecule has 3 heterocycles. The largest absolute Gasteiger partial charge is 0.358 e. The van der Waals surface area contributed by atoms with Gasteiger partial charge in [0.2, 0.25) is 5.91 Å². The van der Waals surface area contributed by atoms with Gasteiger partial charge in [-0.3, -0.25) is 9.69 Å². The van der Waals surface area contributed by atoms with E-state index >= 15 is 0 Å². The second kappa shape index (κ2) is 6.66. The van der Waals surface area contributed by atoms with E-state index in [-0.39, 0.29) is 11.9 Å². The SMILES string of the molecule is CNC(=O)C1Cc2ccccc2CN1Cc1cn2ccccc2c1C#N. The lowest BCUT2D eigenvalue weighted by Gasteiger charge is -2.35. The second-order valence-corrected chi connectivity index (χ2v) is 6.64. The van der Waals surface area contributed by atoms with Gasteiger partial charge in [-0.05, 0) is 29.7 Å². The molecule has 0 aliphatic carbocycles. The lowest BCUT2D eigenvalue weighted by molar-refractivity contribution is -0.126. The number of amides is 1. The highest BCUT2D eigenvalue weighted by molar-refractivity contribution is 5.82. The molecule has 0 saturated heterocycles. The maximum atomic E-state index is 12.5. The quantitative estimate of drug-likeness (QED) is 0.794. The smallest absolute Gasteiger partial charge is 0.237 e. The first-order chi connectivity index (χ1) is 12.7. The third-order valence-corrected chi connectivity index (χ3v) is 5.14. The Bertz CT molecular complexity index is 1010. The molecular formula is C21H20N4O. The van der Waals surface area contributed by atoms with Crippen molar-refractivity contribution in [1.82, 2.24) is 14.6 Å². The molecule has 0 radical (unpaired) electrons. The Morgan fingerprint density at radius 3 is 2.77 bits per heavy atom. The Labute approximate surface area is 152 Å². The number of fused-ring (bicyclic) bond motifs is 2. The number of pyridine rings is 1. The number of nitrogens with zero attached hydrogens (tertiary/aromatic N) is 3. The number of carbonyl (C=O) groups excluding carboxylic acids is 1. The molecule has 2 aromatic heterocycles. The molecule has 3 aromatic rings. The van der Waals surface area contributed by atoms with E-state index in [1.807, 2.05) is 47.1 Å². The van der Waals surface area contributed by atoms with Gasteiger partial charge >= 0.3 is 0 Å². The number of likely N-dealkylation sites (N-methyl/N-ethyl adjacent to an activating group) is 1. The van der Waals surface area contributed by atoms with Crippen LogP contribution in [-0.4, -0.2) is 28.3 Å². The summed E-state index contributed by atoms with van der Waals surface area (Å²) in [5, 5.41) is 12.4. The van der Waals surface area contributed by atoms with Gasteiger partial charge in [-0.15, -0.1) is 0 Å². The van der Waals surface area contributed by atoms with Gasteiger partial charge in [-0.2, -0.15) is 5.26 Å². The number of hydrogen-bond donors (Lipinski definition) is 1. The number of carbonyl (C=O) groups is 1. The summed E-state index contributed by atoms with van der Waals surface area (Å²) in [4.78, 5) is 14.6. The van der Waals surface area contributed by atoms with Crippen LogP contribution in [-0.2, 0) is 24.3 Å². The van der Waals surface area contributed by atoms with Crippen molar-refractivity contribution in [3.63, 3.8) is 0 Å². The van der Waals surface area contributed by atoms with E-state index in [4.69, 9.17) is 0 Å². The van der Waals surface area contributed by atoms with Crippen molar-refractivity contribution < 1.29 is 4.79 Å². The van der Waals surface area contributed by atoms with Crippen LogP contribution in [0.4, 0.5) is 0 Å². The molecular weight excluding hydrogens is 324 g/mol. The minimum Gasteiger partial charge on any atom is -0.358 e. The van der Waals surface area contributed by atoms with Gasteiger partial charge in [-0.1, -0.05) is 30.3 Å². The van der Waals surface area contributed by atoms with Crippen LogP contribution < -0.4 is 5.32 Å². The van der Waals surface area contributed by atoms with Crippen molar-refractivity contribution >= 4 is 11.4 Å². The van der Waals surface area contributed by atoms with E-state index in [0.717, 1.165) is 11.1 Å². The molecule has 26 heavy (non-hydrogen) atoms. The average molecular weight is 344 g/mol. The molecule has 5 nitrogen and oxygen atoms in total. The van der Waals surface area contributed by atoms with Crippen LogP contribution >= 0.6 is 0 Å². The zero-order valence-corrected chi connectivity index (χ0v) is 14.6. The first kappa shape index (κ1) is 16.4. The first-order valence-corrected chi connectivity index (χ1v) is 8.72. The molecule has 130 valence electrons. The highest BCUT2D eigenvalue weighted by atomic mass is 16.2. The fourth-order valence-electron chi connectivity index (χ4n) is 3.81. The molecule has 0 saturated carbocycles. The average Bonchev–Trinajstić information content (AvgIpc) is 3.03. The number of hydrogen-bond acceptors (Lipinski definition) is 3. The van der Waals surface area contributed by atoms with E-state index in [9.17, 15) is 10.1 Å². The van der Waals surface area contributed by atoms with E-state index in [2.05, 4.69) is 28.4 Å². The summed E-state index contributed by atoms with van der Waals surface area (Å²) in [7, 11) is 1.67. The highest BCUT2D eigenvalue weighted by Crippen LogP contribution is 2.27. The monoisotopic (exact) mass is 344 g/mol. The molecule has 0 bridgehead atoms. The highest BCUT2D eigenvalue weighted by Gasteiger charge is 2.31. The van der Waals surface area contributed by atoms with Gasteiger partial charge in [0, 0.05) is 38.1 Å². The van der Waals surface area contributed by atoms with E-state index in [1.165, 1.54) is 11.1 Å².